The van der Waals surface area contributed by atoms with E-state index in [1.54, 1.807) is 0 Å². The second kappa shape index (κ2) is 0.944. The van der Waals surface area contributed by atoms with Crippen LogP contribution in [0.1, 0.15) is 0 Å². The number of carboxylic acid groups (broad SMARTS) is 1. The fraction of sp³-hybridized carbons (Fsp3) is 0.333. The van der Waals surface area contributed by atoms with Crippen molar-refractivity contribution in [3.63, 3.8) is 0 Å². The molecular formula is C3H3O3. The molecule has 1 fully saturated rings. The van der Waals surface area contributed by atoms with Crippen LogP contribution >= 0.6 is 0 Å². The van der Waals surface area contributed by atoms with Gasteiger partial charge in [-0.2, -0.15) is 0 Å². The molecule has 1 rings (SSSR count). The summed E-state index contributed by atoms with van der Waals surface area (Å²) in [7, 11) is 0. The van der Waals surface area contributed by atoms with E-state index in [4.69, 9.17) is 5.11 Å². The van der Waals surface area contributed by atoms with Crippen molar-refractivity contribution in [2.24, 2.45) is 0 Å². The van der Waals surface area contributed by atoms with Crippen LogP contribution in [0.5, 0.6) is 0 Å². The fourth-order valence-electron chi connectivity index (χ4n) is 0.160. The molecule has 0 aromatic heterocycles. The van der Waals surface area contributed by atoms with Gasteiger partial charge in [0, 0.05) is 0 Å². The van der Waals surface area contributed by atoms with Gasteiger partial charge < -0.3 is 9.84 Å². The Morgan fingerprint density at radius 3 is 2.50 bits per heavy atom. The Balaban J connectivity index is 2.31. The van der Waals surface area contributed by atoms with Crippen LogP contribution in [0.4, 0.5) is 0 Å². The quantitative estimate of drug-likeness (QED) is 0.444. The van der Waals surface area contributed by atoms with Gasteiger partial charge in [-0.25, -0.2) is 4.79 Å². The number of hydrogen-bond donors (Lipinski definition) is 1. The van der Waals surface area contributed by atoms with E-state index in [-0.39, 0.29) is 6.10 Å². The summed E-state index contributed by atoms with van der Waals surface area (Å²) in [6, 6.07) is 0. The van der Waals surface area contributed by atoms with E-state index < -0.39 is 5.97 Å². The third-order valence-corrected chi connectivity index (χ3v) is 0.527. The van der Waals surface area contributed by atoms with Crippen molar-refractivity contribution in [1.29, 1.82) is 0 Å². The lowest BCUT2D eigenvalue weighted by Gasteiger charge is -1.70. The number of carboxylic acids is 1. The van der Waals surface area contributed by atoms with Gasteiger partial charge in [0.2, 0.25) is 6.10 Å². The van der Waals surface area contributed by atoms with E-state index in [1.165, 1.54) is 0 Å². The van der Waals surface area contributed by atoms with E-state index >= 15 is 0 Å². The Bertz CT molecular complexity index is 74.1. The average Bonchev–Trinajstić information content (AvgIpc) is 2.06. The molecule has 0 aromatic rings. The molecule has 0 aromatic carbocycles. The summed E-state index contributed by atoms with van der Waals surface area (Å²) in [5, 5.41) is 7.89. The van der Waals surface area contributed by atoms with Crippen LogP contribution in [0, 0.1) is 6.10 Å². The average molecular weight is 87.1 g/mol. The molecule has 1 N–H and O–H groups in total. The number of hydrogen-bond acceptors (Lipinski definition) is 2. The molecule has 1 radical (unpaired) electrons. The zero-order valence-corrected chi connectivity index (χ0v) is 2.97. The first-order chi connectivity index (χ1) is 2.80. The van der Waals surface area contributed by atoms with Gasteiger partial charge in [-0.05, 0) is 0 Å². The number of carbonyl (C=O) groups is 1. The van der Waals surface area contributed by atoms with Gasteiger partial charge in [0.15, 0.2) is 0 Å². The first-order valence-corrected chi connectivity index (χ1v) is 1.52. The van der Waals surface area contributed by atoms with Gasteiger partial charge >= 0.3 is 5.97 Å². The lowest BCUT2D eigenvalue weighted by Crippen LogP contribution is -1.93. The van der Waals surface area contributed by atoms with Crippen molar-refractivity contribution in [2.75, 3.05) is 6.61 Å². The molecule has 33 valence electrons. The van der Waals surface area contributed by atoms with Crippen molar-refractivity contribution in [1.82, 2.24) is 0 Å². The molecule has 1 saturated heterocycles. The third-order valence-electron chi connectivity index (χ3n) is 0.527. The maximum absolute atomic E-state index is 9.60. The number of rotatable bonds is 1. The van der Waals surface area contributed by atoms with Crippen LogP contribution in [0.3, 0.4) is 0 Å². The molecule has 0 atom stereocenters. The van der Waals surface area contributed by atoms with Crippen molar-refractivity contribution >= 4 is 5.97 Å². The molecule has 0 saturated carbocycles. The number of ether oxygens (including phenoxy) is 1. The van der Waals surface area contributed by atoms with E-state index in [1.807, 2.05) is 0 Å². The van der Waals surface area contributed by atoms with Gasteiger partial charge in [0.05, 0.1) is 6.61 Å². The molecule has 3 heteroatoms. The Morgan fingerprint density at radius 2 is 2.50 bits per heavy atom. The van der Waals surface area contributed by atoms with Crippen LogP contribution in [-0.4, -0.2) is 17.7 Å². The summed E-state index contributed by atoms with van der Waals surface area (Å²) < 4.78 is 4.29. The normalized spacial score (nSPS) is 20.7. The first kappa shape index (κ1) is 3.61. The number of epoxide rings is 1. The molecule has 1 aliphatic rings. The monoisotopic (exact) mass is 87.0 g/mol. The predicted molar refractivity (Wildman–Crippen MR) is 16.8 cm³/mol. The maximum Gasteiger partial charge on any atom is 0.342 e. The highest BCUT2D eigenvalue weighted by Crippen LogP contribution is 2.17. The molecule has 3 nitrogen and oxygen atoms in total. The van der Waals surface area contributed by atoms with Crippen molar-refractivity contribution in [2.45, 2.75) is 0 Å². The van der Waals surface area contributed by atoms with Crippen LogP contribution in [0.25, 0.3) is 0 Å². The Morgan fingerprint density at radius 1 is 2.00 bits per heavy atom. The van der Waals surface area contributed by atoms with Crippen LogP contribution < -0.4 is 0 Å². The van der Waals surface area contributed by atoms with E-state index in [2.05, 4.69) is 4.74 Å². The lowest BCUT2D eigenvalue weighted by molar-refractivity contribution is -0.135. The van der Waals surface area contributed by atoms with Gasteiger partial charge in [0.25, 0.3) is 0 Å². The van der Waals surface area contributed by atoms with Crippen molar-refractivity contribution < 1.29 is 14.6 Å². The molecule has 0 bridgehead atoms. The molecule has 0 aliphatic carbocycles. The van der Waals surface area contributed by atoms with Gasteiger partial charge in [-0.15, -0.1) is 0 Å². The molecule has 0 spiro atoms. The predicted octanol–water partition coefficient (Wildman–Crippen LogP) is -0.367. The Hall–Kier alpha value is -0.570. The van der Waals surface area contributed by atoms with Crippen LogP contribution in [-0.2, 0) is 9.53 Å². The summed E-state index contributed by atoms with van der Waals surface area (Å²) >= 11 is 0. The summed E-state index contributed by atoms with van der Waals surface area (Å²) in [6.45, 7) is 0.315. The Labute approximate surface area is 34.5 Å². The maximum atomic E-state index is 9.60. The molecule has 1 aliphatic heterocycles. The third kappa shape index (κ3) is 0.490. The topological polar surface area (TPSA) is 49.8 Å². The number of aliphatic carboxylic acids is 1. The van der Waals surface area contributed by atoms with Crippen LogP contribution in [0.15, 0.2) is 0 Å². The Kier molecular flexibility index (Phi) is 0.569. The second-order valence-electron chi connectivity index (χ2n) is 1.02. The van der Waals surface area contributed by atoms with Crippen LogP contribution in [0.2, 0.25) is 0 Å². The smallest absolute Gasteiger partial charge is 0.342 e. The van der Waals surface area contributed by atoms with Gasteiger partial charge in [-0.3, -0.25) is 0 Å². The zero-order chi connectivity index (χ0) is 4.57. The van der Waals surface area contributed by atoms with E-state index in [0.29, 0.717) is 6.61 Å². The molecule has 6 heavy (non-hydrogen) atoms. The second-order valence-corrected chi connectivity index (χ2v) is 1.02. The van der Waals surface area contributed by atoms with Crippen molar-refractivity contribution in [3.05, 3.63) is 6.10 Å². The summed E-state index contributed by atoms with van der Waals surface area (Å²) in [5.74, 6) is -0.935. The SMILES string of the molecule is O=C(O)[C]1CO1. The minimum atomic E-state index is -0.935. The highest BCUT2D eigenvalue weighted by Gasteiger charge is 2.32. The van der Waals surface area contributed by atoms with E-state index in [0.717, 1.165) is 0 Å². The van der Waals surface area contributed by atoms with Gasteiger partial charge in [0.1, 0.15) is 0 Å². The first-order valence-electron chi connectivity index (χ1n) is 1.52. The molecule has 0 unspecified atom stereocenters. The fourth-order valence-corrected chi connectivity index (χ4v) is 0.160. The van der Waals surface area contributed by atoms with E-state index in [9.17, 15) is 4.79 Å². The molecular weight excluding hydrogens is 84.0 g/mol. The zero-order valence-electron chi connectivity index (χ0n) is 2.97. The van der Waals surface area contributed by atoms with Crippen molar-refractivity contribution in [3.8, 4) is 0 Å². The summed E-state index contributed by atoms with van der Waals surface area (Å²) in [5.41, 5.74) is 0. The lowest BCUT2D eigenvalue weighted by atomic mass is 10.5. The van der Waals surface area contributed by atoms with Gasteiger partial charge in [-0.1, -0.05) is 0 Å². The largest absolute Gasteiger partial charge is 0.479 e. The minimum Gasteiger partial charge on any atom is -0.479 e. The highest BCUT2D eigenvalue weighted by atomic mass is 16.6. The summed E-state index contributed by atoms with van der Waals surface area (Å²) in [4.78, 5) is 9.60. The summed E-state index contributed by atoms with van der Waals surface area (Å²) in [6.07, 6.45) is 0.176. The molecule has 1 heterocycles. The standard InChI is InChI=1S/C3H3O3/c4-3(5)2-1-6-2/h1H2,(H,4,5). The molecule has 0 amide bonds. The minimum absolute atomic E-state index is 0.176. The highest BCUT2D eigenvalue weighted by molar-refractivity contribution is 5.83.